The third-order valence-corrected chi connectivity index (χ3v) is 5.32. The summed E-state index contributed by atoms with van der Waals surface area (Å²) >= 11 is 0. The van der Waals surface area contributed by atoms with Crippen LogP contribution in [-0.2, 0) is 4.79 Å². The molecule has 2 N–H and O–H groups in total. The molecule has 110 valence electrons. The van der Waals surface area contributed by atoms with Gasteiger partial charge in [-0.15, -0.1) is 0 Å². The van der Waals surface area contributed by atoms with Crippen molar-refractivity contribution in [2.45, 2.75) is 70.8 Å². The summed E-state index contributed by atoms with van der Waals surface area (Å²) in [7, 11) is 0. The molecular weight excluding hydrogens is 238 g/mol. The molecule has 3 nitrogen and oxygen atoms in total. The monoisotopic (exact) mass is 267 g/mol. The number of amides is 1. The number of carbonyl (C=O) groups is 1. The highest BCUT2D eigenvalue weighted by atomic mass is 16.3. The fraction of sp³-hybridized carbons (Fsp3) is 0.938. The molecule has 19 heavy (non-hydrogen) atoms. The average Bonchev–Trinajstić information content (AvgIpc) is 2.44. The predicted molar refractivity (Wildman–Crippen MR) is 76.7 cm³/mol. The van der Waals surface area contributed by atoms with Gasteiger partial charge in [-0.1, -0.05) is 32.6 Å². The molecule has 2 saturated carbocycles. The molecular formula is C16H29NO2. The zero-order chi connectivity index (χ0) is 13.9. The number of carbonyl (C=O) groups excluding carboxylic acids is 1. The molecule has 3 heteroatoms. The van der Waals surface area contributed by atoms with Crippen LogP contribution in [0.4, 0.5) is 0 Å². The lowest BCUT2D eigenvalue weighted by atomic mass is 9.67. The fourth-order valence-corrected chi connectivity index (χ4v) is 3.66. The summed E-state index contributed by atoms with van der Waals surface area (Å²) in [5, 5.41) is 12.9. The van der Waals surface area contributed by atoms with Gasteiger partial charge in [-0.25, -0.2) is 0 Å². The van der Waals surface area contributed by atoms with Crippen LogP contribution in [0.5, 0.6) is 0 Å². The molecule has 2 aliphatic carbocycles. The minimum atomic E-state index is -0.766. The molecule has 0 aromatic carbocycles. The molecule has 0 radical (unpaired) electrons. The van der Waals surface area contributed by atoms with Crippen LogP contribution in [0.3, 0.4) is 0 Å². The van der Waals surface area contributed by atoms with E-state index in [-0.39, 0.29) is 11.8 Å². The smallest absolute Gasteiger partial charge is 0.223 e. The second-order valence-electron chi connectivity index (χ2n) is 6.88. The third-order valence-electron chi connectivity index (χ3n) is 5.32. The molecule has 0 aromatic heterocycles. The minimum absolute atomic E-state index is 0.165. The maximum Gasteiger partial charge on any atom is 0.223 e. The Morgan fingerprint density at radius 1 is 1.21 bits per heavy atom. The lowest BCUT2D eigenvalue weighted by Crippen LogP contribution is -2.44. The quantitative estimate of drug-likeness (QED) is 0.823. The summed E-state index contributed by atoms with van der Waals surface area (Å²) in [6.45, 7) is 4.11. The molecule has 0 bridgehead atoms. The molecule has 4 atom stereocenters. The van der Waals surface area contributed by atoms with Crippen LogP contribution < -0.4 is 5.32 Å². The van der Waals surface area contributed by atoms with Gasteiger partial charge < -0.3 is 10.4 Å². The highest BCUT2D eigenvalue weighted by Gasteiger charge is 2.35. The predicted octanol–water partition coefficient (Wildman–Crippen LogP) is 2.87. The second-order valence-corrected chi connectivity index (χ2v) is 6.88. The SMILES string of the molecule is CCC(C)(O)CNC(=O)C1CCC2CCCCC2C1. The van der Waals surface area contributed by atoms with Gasteiger partial charge >= 0.3 is 0 Å². The van der Waals surface area contributed by atoms with Gasteiger partial charge in [0.2, 0.25) is 5.91 Å². The average molecular weight is 267 g/mol. The maximum absolute atomic E-state index is 12.2. The normalized spacial score (nSPS) is 34.2. The van der Waals surface area contributed by atoms with Gasteiger partial charge in [0.1, 0.15) is 0 Å². The Kier molecular flexibility index (Phi) is 4.88. The minimum Gasteiger partial charge on any atom is -0.388 e. The first-order valence-corrected chi connectivity index (χ1v) is 8.02. The van der Waals surface area contributed by atoms with Gasteiger partial charge in [0.05, 0.1) is 5.60 Å². The molecule has 0 aromatic rings. The topological polar surface area (TPSA) is 49.3 Å². The zero-order valence-electron chi connectivity index (χ0n) is 12.5. The van der Waals surface area contributed by atoms with Crippen molar-refractivity contribution < 1.29 is 9.90 Å². The summed E-state index contributed by atoms with van der Waals surface area (Å²) in [5.74, 6) is 2.02. The Bertz CT molecular complexity index is 314. The van der Waals surface area contributed by atoms with Crippen molar-refractivity contribution in [1.29, 1.82) is 0 Å². The van der Waals surface area contributed by atoms with Crippen molar-refractivity contribution in [1.82, 2.24) is 5.32 Å². The Morgan fingerprint density at radius 3 is 2.58 bits per heavy atom. The van der Waals surface area contributed by atoms with E-state index in [0.717, 1.165) is 24.7 Å². The number of hydrogen-bond donors (Lipinski definition) is 2. The van der Waals surface area contributed by atoms with Gasteiger partial charge in [0.15, 0.2) is 0 Å². The van der Waals surface area contributed by atoms with Crippen LogP contribution in [0.15, 0.2) is 0 Å². The van der Waals surface area contributed by atoms with Crippen LogP contribution in [0, 0.1) is 17.8 Å². The molecule has 2 aliphatic rings. The Hall–Kier alpha value is -0.570. The van der Waals surface area contributed by atoms with E-state index < -0.39 is 5.60 Å². The first kappa shape index (κ1) is 14.8. The van der Waals surface area contributed by atoms with Gasteiger partial charge in [0.25, 0.3) is 0 Å². The van der Waals surface area contributed by atoms with E-state index in [0.29, 0.717) is 13.0 Å². The van der Waals surface area contributed by atoms with E-state index in [4.69, 9.17) is 0 Å². The van der Waals surface area contributed by atoms with Crippen LogP contribution in [0.25, 0.3) is 0 Å². The molecule has 2 fully saturated rings. The van der Waals surface area contributed by atoms with Crippen molar-refractivity contribution in [3.8, 4) is 0 Å². The highest BCUT2D eigenvalue weighted by molar-refractivity contribution is 5.78. The Morgan fingerprint density at radius 2 is 1.89 bits per heavy atom. The van der Waals surface area contributed by atoms with Crippen molar-refractivity contribution in [2.24, 2.45) is 17.8 Å². The second kappa shape index (κ2) is 6.25. The highest BCUT2D eigenvalue weighted by Crippen LogP contribution is 2.42. The number of fused-ring (bicyclic) bond motifs is 1. The van der Waals surface area contributed by atoms with Crippen molar-refractivity contribution in [3.05, 3.63) is 0 Å². The molecule has 0 spiro atoms. The molecule has 0 aliphatic heterocycles. The zero-order valence-corrected chi connectivity index (χ0v) is 12.5. The first-order chi connectivity index (χ1) is 9.02. The largest absolute Gasteiger partial charge is 0.388 e. The number of aliphatic hydroxyl groups is 1. The molecule has 1 amide bonds. The maximum atomic E-state index is 12.2. The van der Waals surface area contributed by atoms with E-state index in [9.17, 15) is 9.90 Å². The van der Waals surface area contributed by atoms with Crippen molar-refractivity contribution in [3.63, 3.8) is 0 Å². The van der Waals surface area contributed by atoms with Gasteiger partial charge in [-0.05, 0) is 44.4 Å². The lowest BCUT2D eigenvalue weighted by molar-refractivity contribution is -0.128. The van der Waals surface area contributed by atoms with E-state index in [1.54, 1.807) is 6.92 Å². The molecule has 0 saturated heterocycles. The standard InChI is InChI=1S/C16H29NO2/c1-3-16(2,19)11-17-15(18)14-9-8-12-6-4-5-7-13(12)10-14/h12-14,19H,3-11H2,1-2H3,(H,17,18). The number of hydrogen-bond acceptors (Lipinski definition) is 2. The van der Waals surface area contributed by atoms with Crippen LogP contribution in [0.2, 0.25) is 0 Å². The van der Waals surface area contributed by atoms with Crippen LogP contribution in [-0.4, -0.2) is 23.2 Å². The molecule has 4 unspecified atom stereocenters. The lowest BCUT2D eigenvalue weighted by Gasteiger charge is -2.39. The third kappa shape index (κ3) is 3.95. The summed E-state index contributed by atoms with van der Waals surface area (Å²) in [5.41, 5.74) is -0.766. The summed E-state index contributed by atoms with van der Waals surface area (Å²) in [4.78, 5) is 12.2. The van der Waals surface area contributed by atoms with Crippen molar-refractivity contribution in [2.75, 3.05) is 6.54 Å². The number of nitrogens with one attached hydrogen (secondary N) is 1. The van der Waals surface area contributed by atoms with Crippen molar-refractivity contribution >= 4 is 5.91 Å². The van der Waals surface area contributed by atoms with Crippen LogP contribution in [0.1, 0.15) is 65.2 Å². The summed E-state index contributed by atoms with van der Waals surface area (Å²) < 4.78 is 0. The summed E-state index contributed by atoms with van der Waals surface area (Å²) in [6, 6.07) is 0. The van der Waals surface area contributed by atoms with E-state index >= 15 is 0 Å². The fourth-order valence-electron chi connectivity index (χ4n) is 3.66. The van der Waals surface area contributed by atoms with E-state index in [1.807, 2.05) is 6.92 Å². The molecule has 2 rings (SSSR count). The van der Waals surface area contributed by atoms with Gasteiger partial charge in [0, 0.05) is 12.5 Å². The molecule has 0 heterocycles. The van der Waals surface area contributed by atoms with E-state index in [1.165, 1.54) is 32.1 Å². The van der Waals surface area contributed by atoms with Crippen LogP contribution >= 0.6 is 0 Å². The Labute approximate surface area is 117 Å². The van der Waals surface area contributed by atoms with E-state index in [2.05, 4.69) is 5.32 Å². The Balaban J connectivity index is 1.80. The summed E-state index contributed by atoms with van der Waals surface area (Å²) in [6.07, 6.45) is 9.45. The first-order valence-electron chi connectivity index (χ1n) is 8.02. The van der Waals surface area contributed by atoms with Gasteiger partial charge in [-0.3, -0.25) is 4.79 Å². The number of rotatable bonds is 4. The van der Waals surface area contributed by atoms with Gasteiger partial charge in [-0.2, -0.15) is 0 Å².